The first-order chi connectivity index (χ1) is 41.5. The Labute approximate surface area is 502 Å². The summed E-state index contributed by atoms with van der Waals surface area (Å²) in [6.45, 7) is 1.68. The largest absolute Gasteiger partial charge is 0.508 e. The average Bonchev–Trinajstić information content (AvgIpc) is 2.40. The Morgan fingerprint density at radius 1 is 0.609 bits per heavy atom. The second-order valence-corrected chi connectivity index (χ2v) is 22.0. The van der Waals surface area contributed by atoms with E-state index in [4.69, 9.17) is 22.6 Å². The van der Waals surface area contributed by atoms with Gasteiger partial charge in [-0.15, -0.1) is 0 Å². The Bertz CT molecular complexity index is 3010. The predicted molar refractivity (Wildman–Crippen MR) is 318 cm³/mol. The van der Waals surface area contributed by atoms with Crippen molar-refractivity contribution in [3.05, 3.63) is 102 Å². The molecule has 3 aromatic carbocycles. The number of primary amides is 1. The molecule has 4 aromatic rings. The minimum atomic E-state index is -1.79. The normalized spacial score (nSPS) is 15.5. The molecule has 0 radical (unpaired) electrons. The number of carboxylic acid groups (broad SMARTS) is 1. The van der Waals surface area contributed by atoms with Crippen LogP contribution in [0.4, 0.5) is 0 Å². The van der Waals surface area contributed by atoms with Crippen LogP contribution in [0.3, 0.4) is 0 Å². The smallest absolute Gasteiger partial charge is 0.305 e. The molecule has 28 heteroatoms. The number of H-pyrrole nitrogens is 1. The van der Waals surface area contributed by atoms with Crippen molar-refractivity contribution in [3.8, 4) is 5.75 Å². The van der Waals surface area contributed by atoms with E-state index >= 15 is 0 Å². The number of para-hydroxylation sites is 1. The molecule has 0 aliphatic heterocycles. The molecule has 9 unspecified atom stereocenters. The lowest BCUT2D eigenvalue weighted by molar-refractivity contribution is -0.140. The SMILES string of the molecule is CC(C)CC(NC(=O)C(Cc1ccc(O)cc1)NC(=O)C(CCCNC(=N)N)NC(=O)C(CO)NC(=O)C(NC(=O)C(CC1CCCCC1)NC(=O)C(N)CC(=O)O)c1ccccc1)C(=O)NC(Cc1c[nH]c2ccccc12)C(=O)NC(CO)C(N)=O. The number of carboxylic acids is 1. The van der Waals surface area contributed by atoms with Gasteiger partial charge in [-0.2, -0.15) is 0 Å². The van der Waals surface area contributed by atoms with Crippen LogP contribution in [-0.2, 0) is 60.8 Å². The van der Waals surface area contributed by atoms with Crippen LogP contribution in [0.5, 0.6) is 5.75 Å². The summed E-state index contributed by atoms with van der Waals surface area (Å²) in [5, 5.41) is 71.5. The number of benzene rings is 3. The van der Waals surface area contributed by atoms with Crippen LogP contribution in [0.2, 0.25) is 0 Å². The molecule has 87 heavy (non-hydrogen) atoms. The molecule has 0 spiro atoms. The molecule has 5 rings (SSSR count). The van der Waals surface area contributed by atoms with Gasteiger partial charge in [0.15, 0.2) is 5.96 Å². The molecular formula is C59H82N14O14. The van der Waals surface area contributed by atoms with Crippen molar-refractivity contribution < 1.29 is 68.4 Å². The van der Waals surface area contributed by atoms with Crippen molar-refractivity contribution in [1.82, 2.24) is 52.8 Å². The van der Waals surface area contributed by atoms with Crippen molar-refractivity contribution >= 4 is 76.0 Å². The molecule has 1 aliphatic rings. The molecule has 9 atom stereocenters. The fraction of sp³-hybridized carbons (Fsp3) is 0.475. The molecule has 1 aromatic heterocycles. The molecular weight excluding hydrogens is 1130 g/mol. The molecule has 21 N–H and O–H groups in total. The maximum absolute atomic E-state index is 14.7. The number of aromatic nitrogens is 1. The van der Waals surface area contributed by atoms with E-state index in [0.717, 1.165) is 43.0 Å². The van der Waals surface area contributed by atoms with Crippen LogP contribution in [0.15, 0.2) is 85.1 Å². The highest BCUT2D eigenvalue weighted by atomic mass is 16.4. The highest BCUT2D eigenvalue weighted by Crippen LogP contribution is 2.28. The van der Waals surface area contributed by atoms with Crippen molar-refractivity contribution in [2.24, 2.45) is 29.0 Å². The lowest BCUT2D eigenvalue weighted by atomic mass is 9.84. The van der Waals surface area contributed by atoms with E-state index in [-0.39, 0.29) is 68.2 Å². The summed E-state index contributed by atoms with van der Waals surface area (Å²) in [6, 6.07) is 7.18. The number of aromatic amines is 1. The van der Waals surface area contributed by atoms with Gasteiger partial charge in [-0.05, 0) is 72.4 Å². The molecule has 0 bridgehead atoms. The first-order valence-corrected chi connectivity index (χ1v) is 28.8. The van der Waals surface area contributed by atoms with Gasteiger partial charge < -0.3 is 90.5 Å². The number of guanidine groups is 1. The molecule has 1 aliphatic carbocycles. The van der Waals surface area contributed by atoms with Gasteiger partial charge in [0.25, 0.3) is 0 Å². The number of hydrogen-bond donors (Lipinski definition) is 18. The van der Waals surface area contributed by atoms with Crippen molar-refractivity contribution in [2.45, 2.75) is 145 Å². The number of phenolic OH excluding ortho intramolecular Hbond substituents is 1. The van der Waals surface area contributed by atoms with E-state index in [2.05, 4.69) is 52.8 Å². The second-order valence-electron chi connectivity index (χ2n) is 22.0. The standard InChI is InChI=1S/C59H82N14O14/c1-32(2)24-42(53(82)70-45(55(84)71-46(30-74)50(61)79)27-36-29-65-40-17-10-9-16-38(36)40)68-54(83)43(26-34-19-21-37(76)22-20-34)69-52(81)41(18-11-23-64-59(62)63)66-57(86)47(31-75)72-58(87)49(35-14-7-4-8-15-35)73-56(85)44(25-33-12-5-3-6-13-33)67-51(80)39(60)28-48(77)78/h4,7-10,14-17,19-22,29,32-33,39,41-47,49,65,74-76H,3,5-6,11-13,18,23-28,30-31,60H2,1-2H3,(H2,61,79)(H,66,86)(H,67,80)(H,68,83)(H,69,81)(H,70,82)(H,71,84)(H,72,87)(H,73,85)(H,77,78)(H4,62,63,64). The number of amides is 9. The molecule has 1 fully saturated rings. The average molecular weight is 1210 g/mol. The maximum atomic E-state index is 14.7. The molecule has 9 amide bonds. The number of carbonyl (C=O) groups excluding carboxylic acids is 9. The van der Waals surface area contributed by atoms with E-state index in [9.17, 15) is 68.4 Å². The number of phenols is 1. The number of rotatable bonds is 34. The van der Waals surface area contributed by atoms with E-state index in [1.54, 1.807) is 62.5 Å². The first-order valence-electron chi connectivity index (χ1n) is 28.8. The number of carbonyl (C=O) groups is 10. The molecule has 472 valence electrons. The Morgan fingerprint density at radius 3 is 1.75 bits per heavy atom. The van der Waals surface area contributed by atoms with Crippen LogP contribution in [0.1, 0.15) is 101 Å². The van der Waals surface area contributed by atoms with Gasteiger partial charge in [0.1, 0.15) is 54.1 Å². The molecule has 0 saturated heterocycles. The van der Waals surface area contributed by atoms with Gasteiger partial charge in [-0.25, -0.2) is 0 Å². The first kappa shape index (κ1) is 68.6. The Morgan fingerprint density at radius 2 is 1.14 bits per heavy atom. The van der Waals surface area contributed by atoms with Crippen LogP contribution >= 0.6 is 0 Å². The van der Waals surface area contributed by atoms with E-state index in [0.29, 0.717) is 11.1 Å². The zero-order valence-corrected chi connectivity index (χ0v) is 48.6. The van der Waals surface area contributed by atoms with Crippen molar-refractivity contribution in [3.63, 3.8) is 0 Å². The van der Waals surface area contributed by atoms with E-state index in [1.165, 1.54) is 36.4 Å². The molecule has 1 saturated carbocycles. The number of aliphatic hydroxyl groups excluding tert-OH is 2. The van der Waals surface area contributed by atoms with Gasteiger partial charge >= 0.3 is 5.97 Å². The fourth-order valence-electron chi connectivity index (χ4n) is 10.1. The van der Waals surface area contributed by atoms with Crippen LogP contribution in [0.25, 0.3) is 10.9 Å². The topological polar surface area (TPSA) is 478 Å². The summed E-state index contributed by atoms with van der Waals surface area (Å²) < 4.78 is 0. The van der Waals surface area contributed by atoms with Gasteiger partial charge in [0.2, 0.25) is 53.2 Å². The van der Waals surface area contributed by atoms with E-state index < -0.39 is 139 Å². The van der Waals surface area contributed by atoms with Crippen LogP contribution in [0, 0.1) is 17.2 Å². The maximum Gasteiger partial charge on any atom is 0.305 e. The van der Waals surface area contributed by atoms with Crippen molar-refractivity contribution in [2.75, 3.05) is 19.8 Å². The number of fused-ring (bicyclic) bond motifs is 1. The van der Waals surface area contributed by atoms with Gasteiger partial charge in [-0.3, -0.25) is 53.4 Å². The van der Waals surface area contributed by atoms with Crippen LogP contribution < -0.4 is 65.1 Å². The zero-order valence-electron chi connectivity index (χ0n) is 48.6. The minimum Gasteiger partial charge on any atom is -0.508 e. The second kappa shape index (κ2) is 34.1. The van der Waals surface area contributed by atoms with Gasteiger partial charge in [-0.1, -0.05) is 107 Å². The highest BCUT2D eigenvalue weighted by Gasteiger charge is 2.37. The lowest BCUT2D eigenvalue weighted by Crippen LogP contribution is -2.61. The Hall–Kier alpha value is -9.15. The minimum absolute atomic E-state index is 0.00677. The number of nitrogens with two attached hydrogens (primary N) is 3. The predicted octanol–water partition coefficient (Wildman–Crippen LogP) is -1.54. The molecule has 1 heterocycles. The summed E-state index contributed by atoms with van der Waals surface area (Å²) in [6.07, 6.45) is 4.78. The zero-order chi connectivity index (χ0) is 63.7. The quantitative estimate of drug-likeness (QED) is 0.0143. The Balaban J connectivity index is 1.41. The third-order valence-electron chi connectivity index (χ3n) is 14.7. The summed E-state index contributed by atoms with van der Waals surface area (Å²) in [4.78, 5) is 140. The number of aliphatic carboxylic acids is 1. The monoisotopic (exact) mass is 1210 g/mol. The van der Waals surface area contributed by atoms with Gasteiger partial charge in [0.05, 0.1) is 25.7 Å². The van der Waals surface area contributed by atoms with Gasteiger partial charge in [0, 0.05) is 36.5 Å². The van der Waals surface area contributed by atoms with Crippen molar-refractivity contribution in [1.29, 1.82) is 5.41 Å². The number of hydrogen-bond acceptors (Lipinski definition) is 15. The third-order valence-corrected chi connectivity index (χ3v) is 14.7. The summed E-state index contributed by atoms with van der Waals surface area (Å²) in [5.74, 6) is -10.6. The summed E-state index contributed by atoms with van der Waals surface area (Å²) >= 11 is 0. The summed E-state index contributed by atoms with van der Waals surface area (Å²) in [7, 11) is 0. The van der Waals surface area contributed by atoms with E-state index in [1.807, 2.05) is 0 Å². The highest BCUT2D eigenvalue weighted by molar-refractivity contribution is 5.99. The molecule has 28 nitrogen and oxygen atoms in total. The lowest BCUT2D eigenvalue weighted by Gasteiger charge is -2.29. The number of aromatic hydroxyl groups is 1. The third kappa shape index (κ3) is 22.0. The number of nitrogens with one attached hydrogen (secondary N) is 11. The number of aliphatic hydroxyl groups is 2. The summed E-state index contributed by atoms with van der Waals surface area (Å²) in [5.41, 5.74) is 18.7. The Kier molecular flexibility index (Phi) is 26.9. The fourth-order valence-corrected chi connectivity index (χ4v) is 10.1. The van der Waals surface area contributed by atoms with Crippen LogP contribution in [-0.4, -0.2) is 159 Å².